The van der Waals surface area contributed by atoms with Gasteiger partial charge in [0.05, 0.1) is 40.6 Å². The average molecular weight is 873 g/mol. The molecule has 0 saturated carbocycles. The standard InChI is InChI=1S/C44H68N6O12/c1-57-41(53)37(48-43(55)61-33-35-15-7-3-8-16-35)19-21-39(51)46-24-11-5-13-26-50(28-30-60-32-31-59-29-23-45)27-14-6-12-25-47-40(52)22-20-38(42(54)58-2)49-44(56)62-34-36-17-9-4-10-18-36/h3-4,7-10,15-18,37-38H,5-6,11-14,19-34,45H2,1-2H3,(H,46,51)(H,47,52)(H,48,55)(H,49,56). The van der Waals surface area contributed by atoms with E-state index in [-0.39, 0.29) is 50.7 Å². The van der Waals surface area contributed by atoms with E-state index in [1.165, 1.54) is 14.2 Å². The van der Waals surface area contributed by atoms with E-state index in [2.05, 4.69) is 26.2 Å². The Balaban J connectivity index is 1.66. The van der Waals surface area contributed by atoms with Crippen LogP contribution in [0.15, 0.2) is 60.7 Å². The molecule has 4 amide bonds. The van der Waals surface area contributed by atoms with Crippen molar-refractivity contribution in [2.45, 2.75) is 89.5 Å². The van der Waals surface area contributed by atoms with Crippen molar-refractivity contribution in [2.75, 3.05) is 79.9 Å². The predicted molar refractivity (Wildman–Crippen MR) is 230 cm³/mol. The molecular weight excluding hydrogens is 805 g/mol. The molecule has 2 rings (SSSR count). The molecular formula is C44H68N6O12. The van der Waals surface area contributed by atoms with Crippen molar-refractivity contribution in [3.8, 4) is 0 Å². The Kier molecular flexibility index (Phi) is 29.2. The number of ether oxygens (including phenoxy) is 6. The van der Waals surface area contributed by atoms with Crippen molar-refractivity contribution < 1.29 is 57.2 Å². The van der Waals surface area contributed by atoms with E-state index < -0.39 is 36.2 Å². The third-order valence-electron chi connectivity index (χ3n) is 9.43. The molecule has 2 aromatic rings. The summed E-state index contributed by atoms with van der Waals surface area (Å²) in [6.45, 7) is 5.95. The first-order valence-electron chi connectivity index (χ1n) is 21.4. The van der Waals surface area contributed by atoms with Crippen molar-refractivity contribution in [1.29, 1.82) is 0 Å². The van der Waals surface area contributed by atoms with Crippen LogP contribution in [0.2, 0.25) is 0 Å². The van der Waals surface area contributed by atoms with Crippen LogP contribution in [0.5, 0.6) is 0 Å². The first kappa shape index (κ1) is 52.8. The van der Waals surface area contributed by atoms with Crippen LogP contribution in [-0.2, 0) is 60.8 Å². The van der Waals surface area contributed by atoms with E-state index >= 15 is 0 Å². The third kappa shape index (κ3) is 26.1. The van der Waals surface area contributed by atoms with Gasteiger partial charge in [-0.15, -0.1) is 0 Å². The zero-order valence-corrected chi connectivity index (χ0v) is 36.4. The minimum atomic E-state index is -1.02. The van der Waals surface area contributed by atoms with Gasteiger partial charge in [-0.3, -0.25) is 9.59 Å². The second-order valence-electron chi connectivity index (χ2n) is 14.3. The molecule has 346 valence electrons. The van der Waals surface area contributed by atoms with Crippen LogP contribution in [0.4, 0.5) is 9.59 Å². The highest BCUT2D eigenvalue weighted by molar-refractivity contribution is 5.83. The Morgan fingerprint density at radius 1 is 0.565 bits per heavy atom. The zero-order valence-electron chi connectivity index (χ0n) is 36.4. The highest BCUT2D eigenvalue weighted by atomic mass is 16.6. The number of nitrogens with one attached hydrogen (secondary N) is 4. The molecule has 0 radical (unpaired) electrons. The summed E-state index contributed by atoms with van der Waals surface area (Å²) >= 11 is 0. The highest BCUT2D eigenvalue weighted by Gasteiger charge is 2.24. The summed E-state index contributed by atoms with van der Waals surface area (Å²) in [5.41, 5.74) is 7.07. The first-order chi connectivity index (χ1) is 30.1. The number of nitrogens with zero attached hydrogens (tertiary/aromatic N) is 1. The van der Waals surface area contributed by atoms with Crippen LogP contribution in [-0.4, -0.2) is 133 Å². The fraction of sp³-hybridized carbons (Fsp3) is 0.591. The van der Waals surface area contributed by atoms with E-state index in [9.17, 15) is 28.8 Å². The van der Waals surface area contributed by atoms with Crippen molar-refractivity contribution in [1.82, 2.24) is 26.2 Å². The Bertz CT molecular complexity index is 1450. The number of unbranched alkanes of at least 4 members (excludes halogenated alkanes) is 4. The predicted octanol–water partition coefficient (Wildman–Crippen LogP) is 3.35. The monoisotopic (exact) mass is 872 g/mol. The van der Waals surface area contributed by atoms with Crippen molar-refractivity contribution in [3.05, 3.63) is 71.8 Å². The minimum absolute atomic E-state index is 0.0225. The second kappa shape index (κ2) is 34.3. The summed E-state index contributed by atoms with van der Waals surface area (Å²) in [5.74, 6) is -1.79. The molecule has 0 saturated heterocycles. The lowest BCUT2D eigenvalue weighted by molar-refractivity contribution is -0.144. The van der Waals surface area contributed by atoms with Gasteiger partial charge in [0.25, 0.3) is 0 Å². The Morgan fingerprint density at radius 2 is 1.00 bits per heavy atom. The van der Waals surface area contributed by atoms with Gasteiger partial charge in [0.1, 0.15) is 25.3 Å². The maximum Gasteiger partial charge on any atom is 0.408 e. The molecule has 62 heavy (non-hydrogen) atoms. The van der Waals surface area contributed by atoms with E-state index in [1.807, 2.05) is 60.7 Å². The van der Waals surface area contributed by atoms with Crippen LogP contribution in [0.1, 0.15) is 75.3 Å². The minimum Gasteiger partial charge on any atom is -0.467 e. The summed E-state index contributed by atoms with van der Waals surface area (Å²) in [4.78, 5) is 76.5. The molecule has 18 nitrogen and oxygen atoms in total. The van der Waals surface area contributed by atoms with E-state index in [0.717, 1.165) is 69.3 Å². The molecule has 2 aromatic carbocycles. The average Bonchev–Trinajstić information content (AvgIpc) is 3.29. The number of alkyl carbamates (subject to hydrolysis) is 2. The number of hydrogen-bond acceptors (Lipinski definition) is 14. The zero-order chi connectivity index (χ0) is 45.0. The number of benzene rings is 2. The van der Waals surface area contributed by atoms with E-state index in [1.54, 1.807) is 0 Å². The van der Waals surface area contributed by atoms with Gasteiger partial charge in [-0.05, 0) is 62.7 Å². The van der Waals surface area contributed by atoms with Crippen LogP contribution in [0.3, 0.4) is 0 Å². The number of amides is 4. The smallest absolute Gasteiger partial charge is 0.408 e. The summed E-state index contributed by atoms with van der Waals surface area (Å²) < 4.78 is 31.1. The summed E-state index contributed by atoms with van der Waals surface area (Å²) in [6.07, 6.45) is 3.76. The molecule has 0 aliphatic heterocycles. The fourth-order valence-corrected chi connectivity index (χ4v) is 5.99. The molecule has 6 N–H and O–H groups in total. The molecule has 0 bridgehead atoms. The number of rotatable bonds is 34. The van der Waals surface area contributed by atoms with E-state index in [0.29, 0.717) is 46.1 Å². The summed E-state index contributed by atoms with van der Waals surface area (Å²) in [7, 11) is 2.43. The van der Waals surface area contributed by atoms with Gasteiger partial charge in [0.2, 0.25) is 11.8 Å². The molecule has 0 aliphatic carbocycles. The lowest BCUT2D eigenvalue weighted by Crippen LogP contribution is -2.42. The molecule has 2 atom stereocenters. The highest BCUT2D eigenvalue weighted by Crippen LogP contribution is 2.08. The van der Waals surface area contributed by atoms with Gasteiger partial charge in [0, 0.05) is 39.0 Å². The van der Waals surface area contributed by atoms with Gasteiger partial charge in [-0.1, -0.05) is 73.5 Å². The van der Waals surface area contributed by atoms with Gasteiger partial charge in [-0.25, -0.2) is 19.2 Å². The molecule has 0 fully saturated rings. The van der Waals surface area contributed by atoms with Crippen molar-refractivity contribution in [3.63, 3.8) is 0 Å². The quantitative estimate of drug-likeness (QED) is 0.0386. The molecule has 18 heteroatoms. The topological polar surface area (TPSA) is 235 Å². The Hall–Kier alpha value is -5.30. The largest absolute Gasteiger partial charge is 0.467 e. The van der Waals surface area contributed by atoms with Gasteiger partial charge in [-0.2, -0.15) is 0 Å². The molecule has 0 heterocycles. The summed E-state index contributed by atoms with van der Waals surface area (Å²) in [6, 6.07) is 16.2. The number of carbonyl (C=O) groups is 6. The van der Waals surface area contributed by atoms with Crippen LogP contribution >= 0.6 is 0 Å². The normalized spacial score (nSPS) is 11.8. The fourth-order valence-electron chi connectivity index (χ4n) is 5.99. The number of nitrogens with two attached hydrogens (primary N) is 1. The lowest BCUT2D eigenvalue weighted by Gasteiger charge is -2.22. The van der Waals surface area contributed by atoms with Crippen molar-refractivity contribution >= 4 is 35.9 Å². The van der Waals surface area contributed by atoms with Crippen LogP contribution < -0.4 is 27.0 Å². The number of carbonyl (C=O) groups excluding carboxylic acids is 6. The molecule has 0 aliphatic rings. The number of esters is 2. The Labute approximate surface area is 365 Å². The maximum absolute atomic E-state index is 12.5. The van der Waals surface area contributed by atoms with E-state index in [4.69, 9.17) is 34.2 Å². The maximum atomic E-state index is 12.5. The first-order valence-corrected chi connectivity index (χ1v) is 21.4. The number of methoxy groups -OCH3 is 2. The third-order valence-corrected chi connectivity index (χ3v) is 9.43. The summed E-state index contributed by atoms with van der Waals surface area (Å²) in [5, 5.41) is 10.7. The van der Waals surface area contributed by atoms with Crippen LogP contribution in [0.25, 0.3) is 0 Å². The molecule has 2 unspecified atom stereocenters. The second-order valence-corrected chi connectivity index (χ2v) is 14.3. The van der Waals surface area contributed by atoms with Crippen molar-refractivity contribution in [2.24, 2.45) is 5.73 Å². The Morgan fingerprint density at radius 3 is 1.42 bits per heavy atom. The lowest BCUT2D eigenvalue weighted by atomic mass is 10.1. The van der Waals surface area contributed by atoms with Crippen LogP contribution in [0, 0.1) is 0 Å². The molecule has 0 spiro atoms. The van der Waals surface area contributed by atoms with Gasteiger partial charge >= 0.3 is 24.1 Å². The number of hydrogen-bond donors (Lipinski definition) is 5. The van der Waals surface area contributed by atoms with Gasteiger partial charge in [0.15, 0.2) is 0 Å². The SMILES string of the molecule is COC(=O)C(CCC(=O)NCCCCCN(CCCCCNC(=O)CCC(NC(=O)OCc1ccccc1)C(=O)OC)CCOCCOCCN)NC(=O)OCc1ccccc1. The molecule has 0 aromatic heterocycles. The van der Waals surface area contributed by atoms with Gasteiger partial charge < -0.3 is 60.3 Å².